The Morgan fingerprint density at radius 2 is 1.87 bits per heavy atom. The maximum Gasteiger partial charge on any atom is 1.00 e. The van der Waals surface area contributed by atoms with Gasteiger partial charge in [0, 0.05) is 0 Å². The molecule has 1 N–H and O–H groups in total. The number of hydrogen-bond acceptors (Lipinski definition) is 3. The predicted octanol–water partition coefficient (Wildman–Crippen LogP) is -1.66. The van der Waals surface area contributed by atoms with Gasteiger partial charge < -0.3 is 10.6 Å². The molecule has 6 heteroatoms. The zero-order chi connectivity index (χ0) is 10.8. The van der Waals surface area contributed by atoms with E-state index in [-0.39, 0.29) is 29.6 Å². The number of nitrogens with zero attached hydrogens (tertiary/aromatic N) is 1. The number of carbonyl (C=O) groups excluding carboxylic acids is 3. The van der Waals surface area contributed by atoms with Crippen LogP contribution in [0.3, 0.4) is 0 Å². The van der Waals surface area contributed by atoms with Gasteiger partial charge >= 0.3 is 29.6 Å². The maximum atomic E-state index is 11.5. The van der Waals surface area contributed by atoms with Crippen LogP contribution in [0.25, 0.3) is 5.32 Å². The van der Waals surface area contributed by atoms with Gasteiger partial charge in [0.05, 0.1) is 5.41 Å². The molecule has 0 aliphatic carbocycles. The van der Waals surface area contributed by atoms with Gasteiger partial charge in [-0.15, -0.1) is 0 Å². The molecule has 1 saturated heterocycles. The van der Waals surface area contributed by atoms with Gasteiger partial charge in [-0.2, -0.15) is 0 Å². The Labute approximate surface area is 111 Å². The molecule has 1 atom stereocenters. The molecule has 1 aliphatic heterocycles. The Morgan fingerprint density at radius 3 is 2.27 bits per heavy atom. The van der Waals surface area contributed by atoms with Gasteiger partial charge in [0.2, 0.25) is 0 Å². The second-order valence-corrected chi connectivity index (χ2v) is 3.36. The van der Waals surface area contributed by atoms with Crippen LogP contribution in [0.1, 0.15) is 33.1 Å². The molecule has 1 fully saturated rings. The molecule has 78 valence electrons. The van der Waals surface area contributed by atoms with E-state index in [9.17, 15) is 14.4 Å². The standard InChI is InChI=1S/C9H14N2O3.Na/c1-3-5-9(4-2)6(12)10-8(14)11-7(9)13;/h3-5H2,1-2H3,(H2,10,11,12,13,14);/q;+1/p-1. The second kappa shape index (κ2) is 5.63. The van der Waals surface area contributed by atoms with Crippen LogP contribution in [0.5, 0.6) is 0 Å². The van der Waals surface area contributed by atoms with Gasteiger partial charge in [-0.3, -0.25) is 14.4 Å². The van der Waals surface area contributed by atoms with Crippen LogP contribution in [0.4, 0.5) is 4.79 Å². The van der Waals surface area contributed by atoms with E-state index in [1.807, 2.05) is 6.92 Å². The number of nitrogens with one attached hydrogen (secondary N) is 1. The molecular formula is C9H13N2NaO3. The summed E-state index contributed by atoms with van der Waals surface area (Å²) in [6, 6.07) is -0.847. The van der Waals surface area contributed by atoms with Crippen molar-refractivity contribution in [1.82, 2.24) is 5.32 Å². The van der Waals surface area contributed by atoms with Gasteiger partial charge in [-0.1, -0.05) is 20.3 Å². The van der Waals surface area contributed by atoms with Crippen molar-refractivity contribution < 1.29 is 43.9 Å². The van der Waals surface area contributed by atoms with Gasteiger partial charge in [-0.05, 0) is 12.8 Å². The molecule has 0 aromatic rings. The number of imide groups is 2. The Hall–Kier alpha value is -0.390. The van der Waals surface area contributed by atoms with Crippen molar-refractivity contribution in [2.24, 2.45) is 5.41 Å². The van der Waals surface area contributed by atoms with Crippen molar-refractivity contribution in [3.05, 3.63) is 5.32 Å². The quantitative estimate of drug-likeness (QED) is 0.456. The largest absolute Gasteiger partial charge is 1.00 e. The van der Waals surface area contributed by atoms with E-state index in [1.54, 1.807) is 6.92 Å². The van der Waals surface area contributed by atoms with Crippen molar-refractivity contribution in [3.63, 3.8) is 0 Å². The minimum Gasteiger partial charge on any atom is -0.394 e. The maximum absolute atomic E-state index is 11.5. The number of amides is 4. The van der Waals surface area contributed by atoms with E-state index in [2.05, 4.69) is 10.6 Å². The molecule has 15 heavy (non-hydrogen) atoms. The SMILES string of the molecule is CCCC1(CC)C(=O)[N-]C(=O)NC1=O.[Na+]. The summed E-state index contributed by atoms with van der Waals surface area (Å²) in [5.74, 6) is -1.11. The normalized spacial score (nSPS) is 25.3. The average Bonchev–Trinajstić information content (AvgIpc) is 2.11. The number of barbiturate groups is 1. The summed E-state index contributed by atoms with van der Waals surface area (Å²) in [4.78, 5) is 33.8. The van der Waals surface area contributed by atoms with Crippen LogP contribution in [0, 0.1) is 5.41 Å². The van der Waals surface area contributed by atoms with Crippen LogP contribution in [-0.4, -0.2) is 17.8 Å². The average molecular weight is 220 g/mol. The van der Waals surface area contributed by atoms with E-state index < -0.39 is 23.3 Å². The summed E-state index contributed by atoms with van der Waals surface area (Å²) in [5, 5.41) is 5.34. The zero-order valence-corrected chi connectivity index (χ0v) is 11.3. The van der Waals surface area contributed by atoms with Crippen LogP contribution in [-0.2, 0) is 9.59 Å². The van der Waals surface area contributed by atoms with Crippen molar-refractivity contribution in [3.8, 4) is 0 Å². The zero-order valence-electron chi connectivity index (χ0n) is 9.29. The smallest absolute Gasteiger partial charge is 0.394 e. The van der Waals surface area contributed by atoms with Gasteiger partial charge in [-0.25, -0.2) is 0 Å². The summed E-state index contributed by atoms with van der Waals surface area (Å²) in [5.41, 5.74) is -1.11. The first-order chi connectivity index (χ1) is 6.56. The van der Waals surface area contributed by atoms with E-state index in [1.165, 1.54) is 0 Å². The van der Waals surface area contributed by atoms with Gasteiger partial charge in [0.1, 0.15) is 0 Å². The molecule has 0 aromatic heterocycles. The fraction of sp³-hybridized carbons (Fsp3) is 0.667. The Balaban J connectivity index is 0.00000196. The van der Waals surface area contributed by atoms with E-state index in [0.717, 1.165) is 0 Å². The molecule has 1 unspecified atom stereocenters. The van der Waals surface area contributed by atoms with Crippen LogP contribution in [0.15, 0.2) is 0 Å². The first-order valence-electron chi connectivity index (χ1n) is 4.68. The summed E-state index contributed by atoms with van der Waals surface area (Å²) >= 11 is 0. The van der Waals surface area contributed by atoms with E-state index in [4.69, 9.17) is 0 Å². The van der Waals surface area contributed by atoms with Crippen LogP contribution < -0.4 is 34.9 Å². The van der Waals surface area contributed by atoms with Crippen molar-refractivity contribution >= 4 is 17.8 Å². The number of urea groups is 1. The number of rotatable bonds is 3. The fourth-order valence-electron chi connectivity index (χ4n) is 1.68. The second-order valence-electron chi connectivity index (χ2n) is 3.36. The molecular weight excluding hydrogens is 207 g/mol. The van der Waals surface area contributed by atoms with Crippen molar-refractivity contribution in [1.29, 1.82) is 0 Å². The molecule has 4 amide bonds. The monoisotopic (exact) mass is 220 g/mol. The molecule has 0 saturated carbocycles. The predicted molar refractivity (Wildman–Crippen MR) is 49.5 cm³/mol. The van der Waals surface area contributed by atoms with Gasteiger partial charge in [0.25, 0.3) is 0 Å². The van der Waals surface area contributed by atoms with Crippen LogP contribution >= 0.6 is 0 Å². The molecule has 0 bridgehead atoms. The van der Waals surface area contributed by atoms with Crippen LogP contribution in [0.2, 0.25) is 0 Å². The summed E-state index contributed by atoms with van der Waals surface area (Å²) in [6.07, 6.45) is 1.52. The summed E-state index contributed by atoms with van der Waals surface area (Å²) in [7, 11) is 0. The van der Waals surface area contributed by atoms with Crippen molar-refractivity contribution in [2.75, 3.05) is 0 Å². The molecule has 1 rings (SSSR count). The third kappa shape index (κ3) is 2.59. The molecule has 1 heterocycles. The number of carbonyl (C=O) groups is 3. The topological polar surface area (TPSA) is 77.3 Å². The Kier molecular flexibility index (Phi) is 5.48. The Bertz CT molecular complexity index is 271. The molecule has 1 aliphatic rings. The van der Waals surface area contributed by atoms with Crippen molar-refractivity contribution in [2.45, 2.75) is 33.1 Å². The first-order valence-corrected chi connectivity index (χ1v) is 4.68. The number of hydrogen-bond donors (Lipinski definition) is 1. The van der Waals surface area contributed by atoms with E-state index >= 15 is 0 Å². The molecule has 0 radical (unpaired) electrons. The molecule has 0 spiro atoms. The Morgan fingerprint density at radius 1 is 1.27 bits per heavy atom. The molecule has 0 aromatic carbocycles. The minimum absolute atomic E-state index is 0. The van der Waals surface area contributed by atoms with Gasteiger partial charge in [0.15, 0.2) is 17.8 Å². The molecule has 5 nitrogen and oxygen atoms in total. The third-order valence-electron chi connectivity index (χ3n) is 2.55. The summed E-state index contributed by atoms with van der Waals surface area (Å²) < 4.78 is 0. The third-order valence-corrected chi connectivity index (χ3v) is 2.55. The summed E-state index contributed by atoms with van der Waals surface area (Å²) in [6.45, 7) is 3.63. The minimum atomic E-state index is -1.11. The fourth-order valence-corrected chi connectivity index (χ4v) is 1.68. The first kappa shape index (κ1) is 14.6. The van der Waals surface area contributed by atoms with E-state index in [0.29, 0.717) is 19.3 Å².